The van der Waals surface area contributed by atoms with E-state index < -0.39 is 11.9 Å². The molecule has 0 atom stereocenters. The van der Waals surface area contributed by atoms with Gasteiger partial charge in [-0.05, 0) is 28.8 Å². The number of rotatable bonds is 8. The lowest BCUT2D eigenvalue weighted by Gasteiger charge is -2.08. The second kappa shape index (κ2) is 9.08. The molecule has 0 radical (unpaired) electrons. The molecule has 0 spiro atoms. The Labute approximate surface area is 146 Å². The number of ether oxygens (including phenoxy) is 3. The van der Waals surface area contributed by atoms with Gasteiger partial charge in [0.1, 0.15) is 12.4 Å². The predicted molar refractivity (Wildman–Crippen MR) is 93.7 cm³/mol. The van der Waals surface area contributed by atoms with Crippen molar-refractivity contribution in [2.75, 3.05) is 6.79 Å². The molecule has 0 aliphatic rings. The first-order chi connectivity index (χ1) is 12.1. The normalized spacial score (nSPS) is 9.76. The fourth-order valence-electron chi connectivity index (χ4n) is 1.96. The second-order valence-corrected chi connectivity index (χ2v) is 4.96. The predicted octanol–water partition coefficient (Wildman–Crippen LogP) is 3.65. The molecular formula is C20H18O5. The van der Waals surface area contributed by atoms with Crippen molar-refractivity contribution in [1.82, 2.24) is 0 Å². The number of hydrogen-bond acceptors (Lipinski definition) is 5. The summed E-state index contributed by atoms with van der Waals surface area (Å²) in [4.78, 5) is 22.0. The standard InChI is InChI=1S/C20H18O5/c1-3-19(21)23-13-15-5-7-16(8-6-15)17-9-11-18(12-10-17)24-14-25-20(22)4-2/h3-12H,1-2,13-14H2. The van der Waals surface area contributed by atoms with Gasteiger partial charge in [0.2, 0.25) is 6.79 Å². The Morgan fingerprint density at radius 3 is 1.88 bits per heavy atom. The van der Waals surface area contributed by atoms with Crippen LogP contribution in [0.2, 0.25) is 0 Å². The maximum Gasteiger partial charge on any atom is 0.333 e. The summed E-state index contributed by atoms with van der Waals surface area (Å²) in [5, 5.41) is 0. The van der Waals surface area contributed by atoms with Crippen molar-refractivity contribution < 1.29 is 23.8 Å². The Kier molecular flexibility index (Phi) is 6.54. The first kappa shape index (κ1) is 18.0. The van der Waals surface area contributed by atoms with Gasteiger partial charge in [-0.25, -0.2) is 9.59 Å². The van der Waals surface area contributed by atoms with Crippen LogP contribution in [-0.2, 0) is 25.7 Å². The summed E-state index contributed by atoms with van der Waals surface area (Å²) in [7, 11) is 0. The van der Waals surface area contributed by atoms with E-state index in [4.69, 9.17) is 14.2 Å². The number of carbonyl (C=O) groups is 2. The summed E-state index contributed by atoms with van der Waals surface area (Å²) in [6.07, 6.45) is 2.21. The van der Waals surface area contributed by atoms with Gasteiger partial charge in [0.25, 0.3) is 0 Å². The maximum absolute atomic E-state index is 11.1. The quantitative estimate of drug-likeness (QED) is 0.418. The van der Waals surface area contributed by atoms with Crippen LogP contribution in [0.1, 0.15) is 5.56 Å². The molecule has 0 amide bonds. The van der Waals surface area contributed by atoms with E-state index >= 15 is 0 Å². The van der Waals surface area contributed by atoms with Crippen molar-refractivity contribution in [1.29, 1.82) is 0 Å². The van der Waals surface area contributed by atoms with Gasteiger partial charge in [0.15, 0.2) is 0 Å². The van der Waals surface area contributed by atoms with Gasteiger partial charge in [-0.1, -0.05) is 49.6 Å². The molecule has 2 aromatic rings. The lowest BCUT2D eigenvalue weighted by atomic mass is 10.0. The fraction of sp³-hybridized carbons (Fsp3) is 0.100. The molecule has 0 aromatic heterocycles. The van der Waals surface area contributed by atoms with Crippen LogP contribution in [0.5, 0.6) is 5.75 Å². The van der Waals surface area contributed by atoms with Crippen molar-refractivity contribution in [2.24, 2.45) is 0 Å². The van der Waals surface area contributed by atoms with Crippen molar-refractivity contribution >= 4 is 11.9 Å². The maximum atomic E-state index is 11.1. The molecule has 0 aliphatic heterocycles. The van der Waals surface area contributed by atoms with E-state index in [0.29, 0.717) is 5.75 Å². The van der Waals surface area contributed by atoms with Gasteiger partial charge >= 0.3 is 11.9 Å². The minimum Gasteiger partial charge on any atom is -0.458 e. The van der Waals surface area contributed by atoms with E-state index in [9.17, 15) is 9.59 Å². The lowest BCUT2D eigenvalue weighted by Crippen LogP contribution is -2.07. The van der Waals surface area contributed by atoms with Crippen LogP contribution < -0.4 is 4.74 Å². The lowest BCUT2D eigenvalue weighted by molar-refractivity contribution is -0.144. The molecule has 25 heavy (non-hydrogen) atoms. The molecule has 0 aliphatic carbocycles. The summed E-state index contributed by atoms with van der Waals surface area (Å²) in [5.74, 6) is -0.387. The zero-order valence-electron chi connectivity index (χ0n) is 13.6. The van der Waals surface area contributed by atoms with Gasteiger partial charge in [0, 0.05) is 12.2 Å². The molecule has 0 N–H and O–H groups in total. The van der Waals surface area contributed by atoms with Gasteiger partial charge in [-0.3, -0.25) is 0 Å². The van der Waals surface area contributed by atoms with E-state index in [1.165, 1.54) is 0 Å². The summed E-state index contributed by atoms with van der Waals surface area (Å²) < 4.78 is 15.0. The van der Waals surface area contributed by atoms with Gasteiger partial charge < -0.3 is 14.2 Å². The topological polar surface area (TPSA) is 61.8 Å². The van der Waals surface area contributed by atoms with Crippen LogP contribution >= 0.6 is 0 Å². The second-order valence-electron chi connectivity index (χ2n) is 4.96. The monoisotopic (exact) mass is 338 g/mol. The van der Waals surface area contributed by atoms with Crippen LogP contribution in [0.25, 0.3) is 11.1 Å². The van der Waals surface area contributed by atoms with Gasteiger partial charge in [-0.15, -0.1) is 0 Å². The Hall–Kier alpha value is -3.34. The minimum absolute atomic E-state index is 0.164. The Balaban J connectivity index is 1.92. The Morgan fingerprint density at radius 1 is 0.800 bits per heavy atom. The molecule has 0 heterocycles. The Bertz CT molecular complexity index is 745. The zero-order valence-corrected chi connectivity index (χ0v) is 13.6. The highest BCUT2D eigenvalue weighted by Crippen LogP contribution is 2.23. The summed E-state index contributed by atoms with van der Waals surface area (Å²) in [5.41, 5.74) is 2.91. The SMILES string of the molecule is C=CC(=O)OCOc1ccc(-c2ccc(COC(=O)C=C)cc2)cc1. The average molecular weight is 338 g/mol. The van der Waals surface area contributed by atoms with Crippen LogP contribution in [0.4, 0.5) is 0 Å². The van der Waals surface area contributed by atoms with Crippen molar-refractivity contribution in [3.63, 3.8) is 0 Å². The molecule has 128 valence electrons. The molecule has 0 bridgehead atoms. The highest BCUT2D eigenvalue weighted by Gasteiger charge is 2.02. The third-order valence-electron chi connectivity index (χ3n) is 3.28. The van der Waals surface area contributed by atoms with E-state index in [1.54, 1.807) is 12.1 Å². The molecule has 0 fully saturated rings. The third kappa shape index (κ3) is 5.66. The van der Waals surface area contributed by atoms with E-state index in [0.717, 1.165) is 28.8 Å². The minimum atomic E-state index is -0.532. The highest BCUT2D eigenvalue weighted by atomic mass is 16.7. The van der Waals surface area contributed by atoms with Crippen LogP contribution in [0.3, 0.4) is 0 Å². The van der Waals surface area contributed by atoms with Gasteiger partial charge in [0.05, 0.1) is 0 Å². The van der Waals surface area contributed by atoms with Gasteiger partial charge in [-0.2, -0.15) is 0 Å². The van der Waals surface area contributed by atoms with Crippen LogP contribution in [-0.4, -0.2) is 18.7 Å². The number of hydrogen-bond donors (Lipinski definition) is 0. The number of carbonyl (C=O) groups excluding carboxylic acids is 2. The first-order valence-corrected chi connectivity index (χ1v) is 7.53. The van der Waals surface area contributed by atoms with Crippen LogP contribution in [0, 0.1) is 0 Å². The first-order valence-electron chi connectivity index (χ1n) is 7.53. The molecule has 0 saturated heterocycles. The van der Waals surface area contributed by atoms with Crippen LogP contribution in [0.15, 0.2) is 73.8 Å². The molecule has 0 unspecified atom stereocenters. The molecule has 5 nitrogen and oxygen atoms in total. The zero-order chi connectivity index (χ0) is 18.1. The molecule has 2 aromatic carbocycles. The van der Waals surface area contributed by atoms with E-state index in [-0.39, 0.29) is 13.4 Å². The fourth-order valence-corrected chi connectivity index (χ4v) is 1.96. The van der Waals surface area contributed by atoms with E-state index in [2.05, 4.69) is 13.2 Å². The average Bonchev–Trinajstić information content (AvgIpc) is 2.67. The largest absolute Gasteiger partial charge is 0.458 e. The van der Waals surface area contributed by atoms with E-state index in [1.807, 2.05) is 36.4 Å². The summed E-state index contributed by atoms with van der Waals surface area (Å²) in [6, 6.07) is 15.1. The smallest absolute Gasteiger partial charge is 0.333 e. The molecule has 2 rings (SSSR count). The van der Waals surface area contributed by atoms with Crippen molar-refractivity contribution in [2.45, 2.75) is 6.61 Å². The van der Waals surface area contributed by atoms with Crippen molar-refractivity contribution in [3.8, 4) is 16.9 Å². The molecular weight excluding hydrogens is 320 g/mol. The Morgan fingerprint density at radius 2 is 1.32 bits per heavy atom. The van der Waals surface area contributed by atoms with Crippen molar-refractivity contribution in [3.05, 3.63) is 79.4 Å². The number of esters is 2. The summed E-state index contributed by atoms with van der Waals surface area (Å²) in [6.45, 7) is 6.70. The molecule has 0 saturated carbocycles. The molecule has 5 heteroatoms. The number of benzene rings is 2. The highest BCUT2D eigenvalue weighted by molar-refractivity contribution is 5.81. The third-order valence-corrected chi connectivity index (χ3v) is 3.28. The summed E-state index contributed by atoms with van der Waals surface area (Å²) >= 11 is 0.